The fourth-order valence-electron chi connectivity index (χ4n) is 1.94. The molecule has 0 rings (SSSR count). The van der Waals surface area contributed by atoms with Crippen molar-refractivity contribution >= 4 is 6.29 Å². The molecule has 0 aromatic carbocycles. The van der Waals surface area contributed by atoms with E-state index >= 15 is 0 Å². The molecule has 1 heteroatoms. The second-order valence-corrected chi connectivity index (χ2v) is 4.83. The summed E-state index contributed by atoms with van der Waals surface area (Å²) in [4.78, 5) is 10.1. The zero-order chi connectivity index (χ0) is 12.6. The minimum atomic E-state index is 0.738. The van der Waals surface area contributed by atoms with Gasteiger partial charge in [0.05, 0.1) is 0 Å². The van der Waals surface area contributed by atoms with Crippen LogP contribution in [0.1, 0.15) is 84.0 Å². The van der Waals surface area contributed by atoms with Crippen molar-refractivity contribution in [3.63, 3.8) is 0 Å². The lowest BCUT2D eigenvalue weighted by atomic mass is 10.1. The Bertz CT molecular complexity index is 172. The van der Waals surface area contributed by atoms with Crippen LogP contribution in [-0.2, 0) is 4.79 Å². The highest BCUT2D eigenvalue weighted by molar-refractivity contribution is 5.48. The maximum Gasteiger partial charge on any atom is 0.119 e. The van der Waals surface area contributed by atoms with E-state index in [9.17, 15) is 4.79 Å². The van der Waals surface area contributed by atoms with Crippen LogP contribution < -0.4 is 0 Å². The van der Waals surface area contributed by atoms with Crippen LogP contribution in [0.3, 0.4) is 0 Å². The average Bonchev–Trinajstić information content (AvgIpc) is 2.35. The van der Waals surface area contributed by atoms with Gasteiger partial charge in [-0.3, -0.25) is 0 Å². The Balaban J connectivity index is 3.01. The predicted octanol–water partition coefficient (Wildman–Crippen LogP) is 5.44. The monoisotopic (exact) mass is 238 g/mol. The summed E-state index contributed by atoms with van der Waals surface area (Å²) in [5, 5.41) is 0. The van der Waals surface area contributed by atoms with E-state index in [-0.39, 0.29) is 0 Å². The van der Waals surface area contributed by atoms with Gasteiger partial charge in [0.25, 0.3) is 0 Å². The molecule has 0 aliphatic heterocycles. The Morgan fingerprint density at radius 2 is 1.12 bits per heavy atom. The molecule has 0 atom stereocenters. The molecule has 100 valence electrons. The van der Waals surface area contributed by atoms with Gasteiger partial charge >= 0.3 is 0 Å². The van der Waals surface area contributed by atoms with Crippen LogP contribution in [0.2, 0.25) is 0 Å². The first-order valence-corrected chi connectivity index (χ1v) is 7.50. The number of hydrogen-bond acceptors (Lipinski definition) is 1. The number of rotatable bonds is 13. The smallest absolute Gasteiger partial charge is 0.119 e. The van der Waals surface area contributed by atoms with E-state index in [4.69, 9.17) is 0 Å². The Kier molecular flexibility index (Phi) is 14.9. The van der Waals surface area contributed by atoms with Crippen LogP contribution in [0.25, 0.3) is 0 Å². The van der Waals surface area contributed by atoms with Crippen molar-refractivity contribution in [3.05, 3.63) is 12.2 Å². The zero-order valence-corrected chi connectivity index (χ0v) is 11.6. The molecule has 0 aliphatic rings. The molecule has 0 aromatic rings. The first kappa shape index (κ1) is 16.4. The summed E-state index contributed by atoms with van der Waals surface area (Å²) in [6.07, 6.45) is 20.6. The fraction of sp³-hybridized carbons (Fsp3) is 0.812. The maximum atomic E-state index is 10.1. The van der Waals surface area contributed by atoms with E-state index in [1.54, 1.807) is 0 Å². The lowest BCUT2D eigenvalue weighted by Crippen LogP contribution is -1.79. The van der Waals surface area contributed by atoms with E-state index in [1.165, 1.54) is 64.2 Å². The third-order valence-electron chi connectivity index (χ3n) is 3.08. The molecular formula is C16H30O. The van der Waals surface area contributed by atoms with E-state index in [2.05, 4.69) is 19.1 Å². The first-order chi connectivity index (χ1) is 8.41. The van der Waals surface area contributed by atoms with Gasteiger partial charge in [-0.15, -0.1) is 0 Å². The molecule has 0 unspecified atom stereocenters. The highest BCUT2D eigenvalue weighted by atomic mass is 16.1. The molecule has 0 amide bonds. The van der Waals surface area contributed by atoms with Crippen molar-refractivity contribution < 1.29 is 4.79 Å². The molecule has 17 heavy (non-hydrogen) atoms. The van der Waals surface area contributed by atoms with Gasteiger partial charge in [-0.05, 0) is 32.1 Å². The molecular weight excluding hydrogens is 208 g/mol. The van der Waals surface area contributed by atoms with Gasteiger partial charge in [-0.2, -0.15) is 0 Å². The van der Waals surface area contributed by atoms with E-state index < -0.39 is 0 Å². The summed E-state index contributed by atoms with van der Waals surface area (Å²) in [6.45, 7) is 2.26. The van der Waals surface area contributed by atoms with Gasteiger partial charge in [-0.25, -0.2) is 0 Å². The second-order valence-electron chi connectivity index (χ2n) is 4.83. The average molecular weight is 238 g/mol. The summed E-state index contributed by atoms with van der Waals surface area (Å²) >= 11 is 0. The van der Waals surface area contributed by atoms with Crippen LogP contribution in [0.4, 0.5) is 0 Å². The van der Waals surface area contributed by atoms with Crippen LogP contribution in [-0.4, -0.2) is 6.29 Å². The van der Waals surface area contributed by atoms with Crippen molar-refractivity contribution in [2.75, 3.05) is 0 Å². The van der Waals surface area contributed by atoms with Crippen LogP contribution in [0.15, 0.2) is 12.2 Å². The van der Waals surface area contributed by atoms with E-state index in [0.717, 1.165) is 19.1 Å². The Labute approximate surface area is 108 Å². The number of unbranched alkanes of at least 4 members (excludes halogenated alkanes) is 10. The highest BCUT2D eigenvalue weighted by Crippen LogP contribution is 2.08. The maximum absolute atomic E-state index is 10.1. The third kappa shape index (κ3) is 15.4. The second kappa shape index (κ2) is 15.4. The van der Waals surface area contributed by atoms with Gasteiger partial charge in [0.15, 0.2) is 0 Å². The molecule has 1 nitrogen and oxygen atoms in total. The SMILES string of the molecule is CCCCCCCC/C=C\CCCCCC=O. The quantitative estimate of drug-likeness (QED) is 0.237. The summed E-state index contributed by atoms with van der Waals surface area (Å²) in [5.41, 5.74) is 0. The van der Waals surface area contributed by atoms with E-state index in [1.807, 2.05) is 0 Å². The minimum absolute atomic E-state index is 0.738. The standard InChI is InChI=1S/C16H30O/c1-2-3-4-5-6-7-8-9-10-11-12-13-14-15-16-17/h9-10,16H,2-8,11-15H2,1H3/b10-9-. The molecule has 0 spiro atoms. The number of hydrogen-bond donors (Lipinski definition) is 0. The normalized spacial score (nSPS) is 11.1. The molecule has 0 saturated carbocycles. The molecule has 0 bridgehead atoms. The topological polar surface area (TPSA) is 17.1 Å². The van der Waals surface area contributed by atoms with E-state index in [0.29, 0.717) is 0 Å². The van der Waals surface area contributed by atoms with Gasteiger partial charge in [0.2, 0.25) is 0 Å². The summed E-state index contributed by atoms with van der Waals surface area (Å²) in [5.74, 6) is 0. The number of carbonyl (C=O) groups excluding carboxylic acids is 1. The third-order valence-corrected chi connectivity index (χ3v) is 3.08. The van der Waals surface area contributed by atoms with Crippen molar-refractivity contribution in [2.45, 2.75) is 84.0 Å². The lowest BCUT2D eigenvalue weighted by molar-refractivity contribution is -0.107. The lowest BCUT2D eigenvalue weighted by Gasteiger charge is -1.98. The Morgan fingerprint density at radius 1 is 0.647 bits per heavy atom. The van der Waals surface area contributed by atoms with Crippen molar-refractivity contribution in [1.82, 2.24) is 0 Å². The molecule has 0 radical (unpaired) electrons. The van der Waals surface area contributed by atoms with Crippen LogP contribution in [0.5, 0.6) is 0 Å². The minimum Gasteiger partial charge on any atom is -0.303 e. The van der Waals surface area contributed by atoms with Gasteiger partial charge in [0, 0.05) is 6.42 Å². The largest absolute Gasteiger partial charge is 0.303 e. The number of carbonyl (C=O) groups is 1. The Morgan fingerprint density at radius 3 is 1.71 bits per heavy atom. The fourth-order valence-corrected chi connectivity index (χ4v) is 1.94. The predicted molar refractivity (Wildman–Crippen MR) is 76.3 cm³/mol. The zero-order valence-electron chi connectivity index (χ0n) is 11.6. The molecule has 0 fully saturated rings. The number of allylic oxidation sites excluding steroid dienone is 2. The molecule has 0 N–H and O–H groups in total. The summed E-state index contributed by atoms with van der Waals surface area (Å²) in [6, 6.07) is 0. The van der Waals surface area contributed by atoms with Gasteiger partial charge in [-0.1, -0.05) is 57.6 Å². The van der Waals surface area contributed by atoms with Crippen LogP contribution in [0, 0.1) is 0 Å². The van der Waals surface area contributed by atoms with Crippen molar-refractivity contribution in [1.29, 1.82) is 0 Å². The highest BCUT2D eigenvalue weighted by Gasteiger charge is 1.89. The van der Waals surface area contributed by atoms with Crippen LogP contribution >= 0.6 is 0 Å². The summed E-state index contributed by atoms with van der Waals surface area (Å²) < 4.78 is 0. The first-order valence-electron chi connectivity index (χ1n) is 7.50. The van der Waals surface area contributed by atoms with Crippen molar-refractivity contribution in [3.8, 4) is 0 Å². The number of aldehydes is 1. The molecule has 0 aliphatic carbocycles. The Hall–Kier alpha value is -0.590. The van der Waals surface area contributed by atoms with Gasteiger partial charge < -0.3 is 4.79 Å². The van der Waals surface area contributed by atoms with Crippen molar-refractivity contribution in [2.24, 2.45) is 0 Å². The summed E-state index contributed by atoms with van der Waals surface area (Å²) in [7, 11) is 0. The molecule has 0 aromatic heterocycles. The van der Waals surface area contributed by atoms with Gasteiger partial charge in [0.1, 0.15) is 6.29 Å². The molecule has 0 heterocycles. The molecule has 0 saturated heterocycles.